The Morgan fingerprint density at radius 1 is 1.05 bits per heavy atom. The molecule has 94 valence electrons. The third kappa shape index (κ3) is 2.10. The molecular formula is C14H11FN4. The van der Waals surface area contributed by atoms with Gasteiger partial charge in [-0.1, -0.05) is 24.3 Å². The molecule has 1 N–H and O–H groups in total. The number of hydrogen-bond donors (Lipinski definition) is 1. The zero-order chi connectivity index (χ0) is 13.2. The third-order valence-corrected chi connectivity index (χ3v) is 2.81. The Bertz CT molecular complexity index is 742. The zero-order valence-corrected chi connectivity index (χ0v) is 10.3. The van der Waals surface area contributed by atoms with Crippen molar-refractivity contribution < 1.29 is 4.39 Å². The second-order valence-electron chi connectivity index (χ2n) is 4.03. The van der Waals surface area contributed by atoms with Crippen molar-refractivity contribution in [3.8, 4) is 11.4 Å². The van der Waals surface area contributed by atoms with Gasteiger partial charge in [0.25, 0.3) is 0 Å². The molecule has 0 unspecified atom stereocenters. The second-order valence-corrected chi connectivity index (χ2v) is 4.03. The van der Waals surface area contributed by atoms with E-state index in [2.05, 4.69) is 20.3 Å². The molecule has 0 aliphatic heterocycles. The van der Waals surface area contributed by atoms with E-state index in [4.69, 9.17) is 0 Å². The van der Waals surface area contributed by atoms with E-state index in [-0.39, 0.29) is 5.69 Å². The van der Waals surface area contributed by atoms with E-state index < -0.39 is 5.82 Å². The predicted molar refractivity (Wildman–Crippen MR) is 72.3 cm³/mol. The van der Waals surface area contributed by atoms with Crippen molar-refractivity contribution in [3.63, 3.8) is 0 Å². The van der Waals surface area contributed by atoms with E-state index in [1.165, 1.54) is 0 Å². The van der Waals surface area contributed by atoms with E-state index in [0.29, 0.717) is 11.6 Å². The number of para-hydroxylation sites is 1. The Labute approximate surface area is 109 Å². The first-order chi connectivity index (χ1) is 9.28. The van der Waals surface area contributed by atoms with Gasteiger partial charge in [-0.2, -0.15) is 0 Å². The number of anilines is 1. The first-order valence-electron chi connectivity index (χ1n) is 5.84. The van der Waals surface area contributed by atoms with Crippen molar-refractivity contribution in [2.24, 2.45) is 0 Å². The standard InChI is InChI=1S/C14H11FN4/c1-16-14-17-8-10(15)13(19-14)12-7-6-9-4-2-3-5-11(9)18-12/h2-8H,1H3,(H,16,17,19). The molecule has 0 atom stereocenters. The summed E-state index contributed by atoms with van der Waals surface area (Å²) in [5.41, 5.74) is 1.50. The molecule has 0 aliphatic rings. The number of pyridine rings is 1. The summed E-state index contributed by atoms with van der Waals surface area (Å²) in [7, 11) is 1.69. The van der Waals surface area contributed by atoms with Crippen molar-refractivity contribution >= 4 is 16.9 Å². The molecular weight excluding hydrogens is 243 g/mol. The van der Waals surface area contributed by atoms with Gasteiger partial charge in [0.05, 0.1) is 17.4 Å². The molecule has 0 amide bonds. The first-order valence-corrected chi connectivity index (χ1v) is 5.84. The molecule has 0 spiro atoms. The summed E-state index contributed by atoms with van der Waals surface area (Å²) >= 11 is 0. The first kappa shape index (κ1) is 11.5. The largest absolute Gasteiger partial charge is 0.357 e. The highest BCUT2D eigenvalue weighted by molar-refractivity contribution is 5.81. The number of rotatable bonds is 2. The minimum absolute atomic E-state index is 0.199. The lowest BCUT2D eigenvalue weighted by Crippen LogP contribution is -2.00. The normalized spacial score (nSPS) is 10.6. The van der Waals surface area contributed by atoms with E-state index in [1.54, 1.807) is 13.1 Å². The van der Waals surface area contributed by atoms with Crippen molar-refractivity contribution in [1.82, 2.24) is 15.0 Å². The summed E-state index contributed by atoms with van der Waals surface area (Å²) in [6, 6.07) is 11.3. The van der Waals surface area contributed by atoms with Crippen LogP contribution in [0.2, 0.25) is 0 Å². The van der Waals surface area contributed by atoms with Gasteiger partial charge in [0, 0.05) is 12.4 Å². The molecule has 2 heterocycles. The van der Waals surface area contributed by atoms with Gasteiger partial charge in [0.15, 0.2) is 5.82 Å². The van der Waals surface area contributed by atoms with Gasteiger partial charge >= 0.3 is 0 Å². The Hall–Kier alpha value is -2.56. The number of halogens is 1. The van der Waals surface area contributed by atoms with Gasteiger partial charge in [0.2, 0.25) is 5.95 Å². The lowest BCUT2D eigenvalue weighted by atomic mass is 10.2. The van der Waals surface area contributed by atoms with Crippen molar-refractivity contribution in [2.75, 3.05) is 12.4 Å². The molecule has 0 fully saturated rings. The van der Waals surface area contributed by atoms with E-state index in [0.717, 1.165) is 17.1 Å². The summed E-state index contributed by atoms with van der Waals surface area (Å²) < 4.78 is 13.8. The summed E-state index contributed by atoms with van der Waals surface area (Å²) in [6.45, 7) is 0. The van der Waals surface area contributed by atoms with Crippen LogP contribution in [0.1, 0.15) is 0 Å². The summed E-state index contributed by atoms with van der Waals surface area (Å²) in [5.74, 6) is -0.117. The monoisotopic (exact) mass is 254 g/mol. The van der Waals surface area contributed by atoms with Crippen LogP contribution in [0.3, 0.4) is 0 Å². The smallest absolute Gasteiger partial charge is 0.223 e. The Balaban J connectivity index is 2.18. The van der Waals surface area contributed by atoms with Gasteiger partial charge in [-0.3, -0.25) is 0 Å². The van der Waals surface area contributed by atoms with Crippen LogP contribution in [-0.4, -0.2) is 22.0 Å². The molecule has 0 bridgehead atoms. The molecule has 1 aromatic carbocycles. The fourth-order valence-electron chi connectivity index (χ4n) is 1.87. The predicted octanol–water partition coefficient (Wildman–Crippen LogP) is 2.87. The average molecular weight is 254 g/mol. The molecule has 0 radical (unpaired) electrons. The van der Waals surface area contributed by atoms with Gasteiger partial charge in [-0.25, -0.2) is 19.3 Å². The molecule has 0 aliphatic carbocycles. The second kappa shape index (κ2) is 4.61. The highest BCUT2D eigenvalue weighted by Gasteiger charge is 2.10. The Morgan fingerprint density at radius 2 is 1.89 bits per heavy atom. The van der Waals surface area contributed by atoms with Crippen LogP contribution in [-0.2, 0) is 0 Å². The number of nitrogens with zero attached hydrogens (tertiary/aromatic N) is 3. The third-order valence-electron chi connectivity index (χ3n) is 2.81. The van der Waals surface area contributed by atoms with Crippen molar-refractivity contribution in [2.45, 2.75) is 0 Å². The lowest BCUT2D eigenvalue weighted by molar-refractivity contribution is 0.618. The summed E-state index contributed by atoms with van der Waals surface area (Å²) in [4.78, 5) is 12.4. The fraction of sp³-hybridized carbons (Fsp3) is 0.0714. The molecule has 0 saturated carbocycles. The molecule has 2 aromatic heterocycles. The number of hydrogen-bond acceptors (Lipinski definition) is 4. The molecule has 19 heavy (non-hydrogen) atoms. The Kier molecular flexibility index (Phi) is 2.79. The maximum absolute atomic E-state index is 13.8. The maximum Gasteiger partial charge on any atom is 0.223 e. The molecule has 3 aromatic rings. The van der Waals surface area contributed by atoms with Crippen LogP contribution in [0.5, 0.6) is 0 Å². The van der Waals surface area contributed by atoms with Crippen LogP contribution in [0.15, 0.2) is 42.6 Å². The highest BCUT2D eigenvalue weighted by atomic mass is 19.1. The molecule has 0 saturated heterocycles. The SMILES string of the molecule is CNc1ncc(F)c(-c2ccc3ccccc3n2)n1. The average Bonchev–Trinajstić information content (AvgIpc) is 2.47. The zero-order valence-electron chi connectivity index (χ0n) is 10.3. The van der Waals surface area contributed by atoms with E-state index in [9.17, 15) is 4.39 Å². The Morgan fingerprint density at radius 3 is 2.74 bits per heavy atom. The minimum atomic E-state index is -0.484. The summed E-state index contributed by atoms with van der Waals surface area (Å²) in [6.07, 6.45) is 1.14. The number of nitrogens with one attached hydrogen (secondary N) is 1. The van der Waals surface area contributed by atoms with Gasteiger partial charge < -0.3 is 5.32 Å². The molecule has 3 rings (SSSR count). The van der Waals surface area contributed by atoms with Gasteiger partial charge in [-0.05, 0) is 12.1 Å². The number of fused-ring (bicyclic) bond motifs is 1. The van der Waals surface area contributed by atoms with Crippen LogP contribution in [0, 0.1) is 5.82 Å². The van der Waals surface area contributed by atoms with Crippen molar-refractivity contribution in [3.05, 3.63) is 48.4 Å². The van der Waals surface area contributed by atoms with Crippen molar-refractivity contribution in [1.29, 1.82) is 0 Å². The molecule has 4 nitrogen and oxygen atoms in total. The van der Waals surface area contributed by atoms with Crippen LogP contribution >= 0.6 is 0 Å². The maximum atomic E-state index is 13.8. The topological polar surface area (TPSA) is 50.7 Å². The lowest BCUT2D eigenvalue weighted by Gasteiger charge is -2.05. The number of benzene rings is 1. The van der Waals surface area contributed by atoms with E-state index >= 15 is 0 Å². The van der Waals surface area contributed by atoms with Crippen LogP contribution in [0.25, 0.3) is 22.3 Å². The minimum Gasteiger partial charge on any atom is -0.357 e. The quantitative estimate of drug-likeness (QED) is 0.764. The van der Waals surface area contributed by atoms with Gasteiger partial charge in [-0.15, -0.1) is 0 Å². The molecule has 5 heteroatoms. The van der Waals surface area contributed by atoms with Crippen LogP contribution in [0.4, 0.5) is 10.3 Å². The highest BCUT2D eigenvalue weighted by Crippen LogP contribution is 2.22. The number of aromatic nitrogens is 3. The van der Waals surface area contributed by atoms with E-state index in [1.807, 2.05) is 30.3 Å². The fourth-order valence-corrected chi connectivity index (χ4v) is 1.87. The summed E-state index contributed by atoms with van der Waals surface area (Å²) in [5, 5.41) is 3.79. The van der Waals surface area contributed by atoms with Gasteiger partial charge in [0.1, 0.15) is 5.69 Å². The van der Waals surface area contributed by atoms with Crippen LogP contribution < -0.4 is 5.32 Å².